The van der Waals surface area contributed by atoms with Crippen molar-refractivity contribution in [3.05, 3.63) is 30.1 Å². The molecule has 142 valence electrons. The van der Waals surface area contributed by atoms with E-state index in [0.717, 1.165) is 6.42 Å². The first-order chi connectivity index (χ1) is 12.5. The number of carbonyl (C=O) groups excluding carboxylic acids is 2. The number of hydrogen-bond donors (Lipinski definition) is 1. The molecule has 0 radical (unpaired) electrons. The lowest BCUT2D eigenvalue weighted by molar-refractivity contribution is -0.127. The van der Waals surface area contributed by atoms with Gasteiger partial charge in [-0.2, -0.15) is 0 Å². The van der Waals surface area contributed by atoms with Crippen molar-refractivity contribution in [2.75, 3.05) is 40.4 Å². The molecule has 0 saturated carbocycles. The second-order valence-corrected chi connectivity index (χ2v) is 7.41. The standard InChI is InChI=1S/C19H28N4O3/c1-22(2)19(25)23-9-5-15(6-10-23)18(24)21-17-13-26-12-16(17)11-14-3-7-20-8-4-14/h3-4,7-8,15-17H,5-6,9-13H2,1-2H3,(H,21,24). The monoisotopic (exact) mass is 360 g/mol. The summed E-state index contributed by atoms with van der Waals surface area (Å²) in [4.78, 5) is 32.1. The van der Waals surface area contributed by atoms with Crippen molar-refractivity contribution in [2.24, 2.45) is 11.8 Å². The minimum atomic E-state index is -0.0246. The minimum absolute atomic E-state index is 0.0190. The number of rotatable bonds is 4. The van der Waals surface area contributed by atoms with E-state index in [4.69, 9.17) is 4.74 Å². The van der Waals surface area contributed by atoms with Crippen LogP contribution in [0.3, 0.4) is 0 Å². The van der Waals surface area contributed by atoms with Crippen LogP contribution in [0.5, 0.6) is 0 Å². The maximum Gasteiger partial charge on any atom is 0.319 e. The number of hydrogen-bond acceptors (Lipinski definition) is 4. The van der Waals surface area contributed by atoms with Crippen LogP contribution < -0.4 is 5.32 Å². The van der Waals surface area contributed by atoms with Crippen LogP contribution in [0.1, 0.15) is 18.4 Å². The fourth-order valence-corrected chi connectivity index (χ4v) is 3.70. The van der Waals surface area contributed by atoms with E-state index in [9.17, 15) is 9.59 Å². The second kappa shape index (κ2) is 8.49. The van der Waals surface area contributed by atoms with E-state index in [1.54, 1.807) is 31.4 Å². The molecule has 7 nitrogen and oxygen atoms in total. The largest absolute Gasteiger partial charge is 0.379 e. The fourth-order valence-electron chi connectivity index (χ4n) is 3.70. The van der Waals surface area contributed by atoms with Crippen molar-refractivity contribution in [3.8, 4) is 0 Å². The van der Waals surface area contributed by atoms with E-state index in [1.165, 1.54) is 5.56 Å². The summed E-state index contributed by atoms with van der Waals surface area (Å²) in [5.41, 5.74) is 1.21. The van der Waals surface area contributed by atoms with E-state index in [-0.39, 0.29) is 29.8 Å². The van der Waals surface area contributed by atoms with Crippen LogP contribution in [0.25, 0.3) is 0 Å². The molecule has 3 amide bonds. The highest BCUT2D eigenvalue weighted by Crippen LogP contribution is 2.22. The fraction of sp³-hybridized carbons (Fsp3) is 0.632. The molecule has 2 unspecified atom stereocenters. The first kappa shape index (κ1) is 18.6. The number of aromatic nitrogens is 1. The average Bonchev–Trinajstić information content (AvgIpc) is 3.08. The molecule has 0 aromatic carbocycles. The van der Waals surface area contributed by atoms with Gasteiger partial charge in [-0.15, -0.1) is 0 Å². The summed E-state index contributed by atoms with van der Waals surface area (Å²) in [6, 6.07) is 4.09. The Morgan fingerprint density at radius 3 is 2.58 bits per heavy atom. The molecule has 26 heavy (non-hydrogen) atoms. The number of nitrogens with zero attached hydrogens (tertiary/aromatic N) is 3. The van der Waals surface area contributed by atoms with Gasteiger partial charge in [-0.25, -0.2) is 4.79 Å². The summed E-state index contributed by atoms with van der Waals surface area (Å²) in [5.74, 6) is 0.359. The number of ether oxygens (including phenoxy) is 1. The molecule has 3 rings (SSSR count). The highest BCUT2D eigenvalue weighted by Gasteiger charge is 2.33. The van der Waals surface area contributed by atoms with Gasteiger partial charge in [-0.1, -0.05) is 0 Å². The van der Waals surface area contributed by atoms with Crippen molar-refractivity contribution in [2.45, 2.75) is 25.3 Å². The predicted molar refractivity (Wildman–Crippen MR) is 97.6 cm³/mol. The number of carbonyl (C=O) groups is 2. The van der Waals surface area contributed by atoms with E-state index in [1.807, 2.05) is 17.0 Å². The molecule has 2 aliphatic rings. The SMILES string of the molecule is CN(C)C(=O)N1CCC(C(=O)NC2COCC2Cc2ccncc2)CC1. The first-order valence-electron chi connectivity index (χ1n) is 9.28. The van der Waals surface area contributed by atoms with Crippen LogP contribution in [0, 0.1) is 11.8 Å². The van der Waals surface area contributed by atoms with Crippen LogP contribution in [0.2, 0.25) is 0 Å². The van der Waals surface area contributed by atoms with E-state index < -0.39 is 0 Å². The van der Waals surface area contributed by atoms with Crippen molar-refractivity contribution in [3.63, 3.8) is 0 Å². The maximum absolute atomic E-state index is 12.7. The van der Waals surface area contributed by atoms with E-state index >= 15 is 0 Å². The maximum atomic E-state index is 12.7. The van der Waals surface area contributed by atoms with Gasteiger partial charge in [-0.3, -0.25) is 9.78 Å². The van der Waals surface area contributed by atoms with Crippen molar-refractivity contribution in [1.29, 1.82) is 0 Å². The molecule has 1 aromatic heterocycles. The molecular formula is C19H28N4O3. The first-order valence-corrected chi connectivity index (χ1v) is 9.28. The highest BCUT2D eigenvalue weighted by atomic mass is 16.5. The summed E-state index contributed by atoms with van der Waals surface area (Å²) >= 11 is 0. The number of urea groups is 1. The van der Waals surface area contributed by atoms with Gasteiger partial charge in [0.05, 0.1) is 19.3 Å². The quantitative estimate of drug-likeness (QED) is 0.874. The Kier molecular flexibility index (Phi) is 6.08. The summed E-state index contributed by atoms with van der Waals surface area (Å²) in [6.45, 7) is 2.51. The Bertz CT molecular complexity index is 614. The van der Waals surface area contributed by atoms with Gasteiger partial charge in [0.2, 0.25) is 5.91 Å². The smallest absolute Gasteiger partial charge is 0.319 e. The topological polar surface area (TPSA) is 74.8 Å². The minimum Gasteiger partial charge on any atom is -0.379 e. The second-order valence-electron chi connectivity index (χ2n) is 7.41. The zero-order valence-electron chi connectivity index (χ0n) is 15.6. The molecule has 2 saturated heterocycles. The van der Waals surface area contributed by atoms with Gasteiger partial charge in [0.1, 0.15) is 0 Å². The molecule has 0 aliphatic carbocycles. The van der Waals surface area contributed by atoms with Crippen LogP contribution >= 0.6 is 0 Å². The lowest BCUT2D eigenvalue weighted by Gasteiger charge is -2.33. The predicted octanol–water partition coefficient (Wildman–Crippen LogP) is 1.15. The van der Waals surface area contributed by atoms with E-state index in [0.29, 0.717) is 39.1 Å². The molecule has 7 heteroatoms. The van der Waals surface area contributed by atoms with Gasteiger partial charge in [-0.05, 0) is 37.0 Å². The molecule has 3 heterocycles. The Labute approximate surface area is 154 Å². The number of pyridine rings is 1. The summed E-state index contributed by atoms with van der Waals surface area (Å²) < 4.78 is 5.62. The van der Waals surface area contributed by atoms with Gasteiger partial charge < -0.3 is 19.9 Å². The average molecular weight is 360 g/mol. The highest BCUT2D eigenvalue weighted by molar-refractivity contribution is 5.80. The van der Waals surface area contributed by atoms with E-state index in [2.05, 4.69) is 10.3 Å². The Morgan fingerprint density at radius 1 is 1.23 bits per heavy atom. The summed E-state index contributed by atoms with van der Waals surface area (Å²) in [6.07, 6.45) is 5.90. The third kappa shape index (κ3) is 4.52. The van der Waals surface area contributed by atoms with Gasteiger partial charge in [0, 0.05) is 51.4 Å². The van der Waals surface area contributed by atoms with Crippen molar-refractivity contribution >= 4 is 11.9 Å². The normalized spacial score (nSPS) is 23.7. The van der Waals surface area contributed by atoms with Crippen molar-refractivity contribution < 1.29 is 14.3 Å². The Hall–Kier alpha value is -2.15. The molecular weight excluding hydrogens is 332 g/mol. The molecule has 0 bridgehead atoms. The number of likely N-dealkylation sites (tertiary alicyclic amines) is 1. The Morgan fingerprint density at radius 2 is 1.92 bits per heavy atom. The lowest BCUT2D eigenvalue weighted by atomic mass is 9.92. The third-order valence-electron chi connectivity index (χ3n) is 5.29. The van der Waals surface area contributed by atoms with Crippen LogP contribution in [0.4, 0.5) is 4.79 Å². The zero-order valence-corrected chi connectivity index (χ0v) is 15.6. The number of piperidine rings is 1. The molecule has 1 aromatic rings. The number of nitrogens with one attached hydrogen (secondary N) is 1. The van der Waals surface area contributed by atoms with Crippen molar-refractivity contribution in [1.82, 2.24) is 20.1 Å². The molecule has 1 N–H and O–H groups in total. The summed E-state index contributed by atoms with van der Waals surface area (Å²) in [7, 11) is 3.51. The lowest BCUT2D eigenvalue weighted by Crippen LogP contribution is -2.49. The molecule has 2 aliphatic heterocycles. The third-order valence-corrected chi connectivity index (χ3v) is 5.29. The number of amides is 3. The van der Waals surface area contributed by atoms with Crippen LogP contribution in [-0.4, -0.2) is 73.2 Å². The van der Waals surface area contributed by atoms with Crippen LogP contribution in [-0.2, 0) is 16.0 Å². The molecule has 2 fully saturated rings. The van der Waals surface area contributed by atoms with Gasteiger partial charge in [0.25, 0.3) is 0 Å². The Balaban J connectivity index is 1.49. The van der Waals surface area contributed by atoms with Crippen LogP contribution in [0.15, 0.2) is 24.5 Å². The van der Waals surface area contributed by atoms with Gasteiger partial charge in [0.15, 0.2) is 0 Å². The zero-order chi connectivity index (χ0) is 18.5. The summed E-state index contributed by atoms with van der Waals surface area (Å²) in [5, 5.41) is 3.19. The molecule has 2 atom stereocenters. The van der Waals surface area contributed by atoms with Gasteiger partial charge >= 0.3 is 6.03 Å². The molecule has 0 spiro atoms.